The van der Waals surface area contributed by atoms with Crippen LogP contribution >= 0.6 is 0 Å². The van der Waals surface area contributed by atoms with Crippen LogP contribution in [0.2, 0.25) is 0 Å². The van der Waals surface area contributed by atoms with E-state index >= 15 is 0 Å². The van der Waals surface area contributed by atoms with E-state index in [1.54, 1.807) is 0 Å². The molecule has 2 N–H and O–H groups in total. The standard InChI is InChI=1S/C24H36N2O2/c1-21-25-20-23(26(21)22-16-13-11-14-17-22)18-12-9-7-5-3-2-4-6-8-10-15-19-24(27)28/h11,13-14,16-17,20H,2-10,12,15,18-19H2,1H3,(H,27,28)/p+1. The van der Waals surface area contributed by atoms with Crippen molar-refractivity contribution in [3.8, 4) is 5.69 Å². The van der Waals surface area contributed by atoms with Crippen LogP contribution in [0.5, 0.6) is 0 Å². The summed E-state index contributed by atoms with van der Waals surface area (Å²) in [4.78, 5) is 13.8. The second-order valence-corrected chi connectivity index (χ2v) is 7.82. The van der Waals surface area contributed by atoms with Crippen LogP contribution in [-0.2, 0) is 11.2 Å². The van der Waals surface area contributed by atoms with E-state index in [1.807, 2.05) is 0 Å². The number of H-pyrrole nitrogens is 1. The summed E-state index contributed by atoms with van der Waals surface area (Å²) in [6, 6.07) is 10.6. The number of para-hydroxylation sites is 1. The molecular formula is C24H37N2O2+. The Morgan fingerprint density at radius 2 is 1.39 bits per heavy atom. The van der Waals surface area contributed by atoms with Crippen molar-refractivity contribution in [3.63, 3.8) is 0 Å². The molecule has 0 bridgehead atoms. The smallest absolute Gasteiger partial charge is 0.303 e. The maximum atomic E-state index is 10.4. The van der Waals surface area contributed by atoms with Crippen LogP contribution in [0.15, 0.2) is 36.5 Å². The van der Waals surface area contributed by atoms with E-state index in [9.17, 15) is 4.79 Å². The minimum absolute atomic E-state index is 0.327. The molecule has 0 saturated carbocycles. The highest BCUT2D eigenvalue weighted by Crippen LogP contribution is 2.13. The Balaban J connectivity index is 1.50. The third-order valence-corrected chi connectivity index (χ3v) is 5.41. The van der Waals surface area contributed by atoms with Crippen molar-refractivity contribution in [1.29, 1.82) is 0 Å². The summed E-state index contributed by atoms with van der Waals surface area (Å²) in [6.07, 6.45) is 17.1. The Kier molecular flexibility index (Phi) is 10.4. The third kappa shape index (κ3) is 8.28. The SMILES string of the molecule is Cc1[nH]cc(CCCCCCCCCCCCCC(=O)O)[n+]1-c1ccccc1. The molecule has 0 aliphatic carbocycles. The molecule has 1 aromatic carbocycles. The number of nitrogens with one attached hydrogen (secondary N) is 1. The molecule has 1 aromatic heterocycles. The van der Waals surface area contributed by atoms with Crippen LogP contribution in [0.3, 0.4) is 0 Å². The minimum Gasteiger partial charge on any atom is -0.481 e. The Hall–Kier alpha value is -2.10. The lowest BCUT2D eigenvalue weighted by Gasteiger charge is -2.04. The summed E-state index contributed by atoms with van der Waals surface area (Å²) in [5.74, 6) is 0.519. The first-order valence-corrected chi connectivity index (χ1v) is 11.0. The number of unbranched alkanes of at least 4 members (excludes halogenated alkanes) is 10. The van der Waals surface area contributed by atoms with Crippen molar-refractivity contribution in [2.45, 2.75) is 90.4 Å². The van der Waals surface area contributed by atoms with E-state index in [0.29, 0.717) is 6.42 Å². The number of aliphatic carboxylic acids is 1. The van der Waals surface area contributed by atoms with Crippen LogP contribution in [0.1, 0.15) is 88.6 Å². The molecule has 0 saturated heterocycles. The number of imidazole rings is 1. The summed E-state index contributed by atoms with van der Waals surface area (Å²) < 4.78 is 2.33. The molecule has 0 aliphatic rings. The Morgan fingerprint density at radius 3 is 1.96 bits per heavy atom. The maximum Gasteiger partial charge on any atom is 0.303 e. The molecular weight excluding hydrogens is 348 g/mol. The lowest BCUT2D eigenvalue weighted by Crippen LogP contribution is -2.36. The quantitative estimate of drug-likeness (QED) is 0.296. The van der Waals surface area contributed by atoms with Gasteiger partial charge in [0.25, 0.3) is 5.82 Å². The first kappa shape index (κ1) is 22.2. The minimum atomic E-state index is -0.665. The van der Waals surface area contributed by atoms with Gasteiger partial charge in [0, 0.05) is 19.8 Å². The first-order chi connectivity index (χ1) is 13.7. The predicted molar refractivity (Wildman–Crippen MR) is 114 cm³/mol. The van der Waals surface area contributed by atoms with Gasteiger partial charge in [0.1, 0.15) is 17.6 Å². The van der Waals surface area contributed by atoms with Crippen molar-refractivity contribution in [3.05, 3.63) is 48.0 Å². The number of hydrogen-bond acceptors (Lipinski definition) is 1. The van der Waals surface area contributed by atoms with Gasteiger partial charge in [-0.3, -0.25) is 4.79 Å². The lowest BCUT2D eigenvalue weighted by atomic mass is 10.0. The summed E-state index contributed by atoms with van der Waals surface area (Å²) in [5, 5.41) is 8.60. The summed E-state index contributed by atoms with van der Waals surface area (Å²) in [5.41, 5.74) is 2.60. The van der Waals surface area contributed by atoms with Crippen LogP contribution in [0.25, 0.3) is 5.69 Å². The molecule has 2 aromatic rings. The highest BCUT2D eigenvalue weighted by Gasteiger charge is 2.15. The first-order valence-electron chi connectivity index (χ1n) is 11.0. The molecule has 0 fully saturated rings. The number of nitrogens with zero attached hydrogens (tertiary/aromatic N) is 1. The molecule has 0 atom stereocenters. The highest BCUT2D eigenvalue weighted by molar-refractivity contribution is 5.66. The molecule has 28 heavy (non-hydrogen) atoms. The molecule has 0 spiro atoms. The predicted octanol–water partition coefficient (Wildman–Crippen LogP) is 5.91. The van der Waals surface area contributed by atoms with Gasteiger partial charge in [0.15, 0.2) is 0 Å². The molecule has 2 rings (SSSR count). The van der Waals surface area contributed by atoms with Gasteiger partial charge in [-0.05, 0) is 25.0 Å². The largest absolute Gasteiger partial charge is 0.481 e. The van der Waals surface area contributed by atoms with Gasteiger partial charge in [0.05, 0.1) is 0 Å². The van der Waals surface area contributed by atoms with Crippen molar-refractivity contribution in [2.24, 2.45) is 0 Å². The van der Waals surface area contributed by atoms with Gasteiger partial charge in [-0.25, -0.2) is 4.98 Å². The maximum absolute atomic E-state index is 10.4. The number of carbonyl (C=O) groups is 1. The molecule has 0 radical (unpaired) electrons. The number of rotatable bonds is 15. The van der Waals surface area contributed by atoms with Crippen LogP contribution in [0.4, 0.5) is 0 Å². The topological polar surface area (TPSA) is 57.0 Å². The zero-order valence-electron chi connectivity index (χ0n) is 17.5. The Bertz CT molecular complexity index is 679. The van der Waals surface area contributed by atoms with E-state index in [4.69, 9.17) is 5.11 Å². The van der Waals surface area contributed by atoms with Crippen LogP contribution in [-0.4, -0.2) is 16.1 Å². The Morgan fingerprint density at radius 1 is 0.857 bits per heavy atom. The monoisotopic (exact) mass is 385 g/mol. The lowest BCUT2D eigenvalue weighted by molar-refractivity contribution is -0.609. The van der Waals surface area contributed by atoms with Gasteiger partial charge < -0.3 is 5.11 Å². The molecule has 1 heterocycles. The number of aromatic nitrogens is 2. The van der Waals surface area contributed by atoms with E-state index in [0.717, 1.165) is 19.3 Å². The van der Waals surface area contributed by atoms with Crippen molar-refractivity contribution < 1.29 is 14.5 Å². The number of aromatic amines is 1. The molecule has 0 unspecified atom stereocenters. The number of carboxylic acid groups (broad SMARTS) is 1. The van der Waals surface area contributed by atoms with Crippen molar-refractivity contribution in [2.75, 3.05) is 0 Å². The summed E-state index contributed by atoms with van der Waals surface area (Å²) in [7, 11) is 0. The Labute approximate surface area is 170 Å². The van der Waals surface area contributed by atoms with Gasteiger partial charge >= 0.3 is 5.97 Å². The molecule has 0 aliphatic heterocycles. The van der Waals surface area contributed by atoms with E-state index in [-0.39, 0.29) is 0 Å². The fourth-order valence-corrected chi connectivity index (χ4v) is 3.83. The fraction of sp³-hybridized carbons (Fsp3) is 0.583. The van der Waals surface area contributed by atoms with Crippen LogP contribution < -0.4 is 4.57 Å². The second kappa shape index (κ2) is 13.1. The van der Waals surface area contributed by atoms with E-state index in [2.05, 4.69) is 53.0 Å². The van der Waals surface area contributed by atoms with Crippen molar-refractivity contribution in [1.82, 2.24) is 4.98 Å². The number of hydrogen-bond donors (Lipinski definition) is 2. The third-order valence-electron chi connectivity index (χ3n) is 5.41. The molecule has 154 valence electrons. The summed E-state index contributed by atoms with van der Waals surface area (Å²) in [6.45, 7) is 2.13. The summed E-state index contributed by atoms with van der Waals surface area (Å²) >= 11 is 0. The van der Waals surface area contributed by atoms with Gasteiger partial charge in [-0.15, -0.1) is 0 Å². The average Bonchev–Trinajstić information content (AvgIpc) is 3.06. The van der Waals surface area contributed by atoms with Gasteiger partial charge in [-0.2, -0.15) is 4.57 Å². The molecule has 4 heteroatoms. The number of aryl methyl sites for hydroxylation is 2. The molecule has 4 nitrogen and oxygen atoms in total. The fourth-order valence-electron chi connectivity index (χ4n) is 3.83. The average molecular weight is 386 g/mol. The number of benzene rings is 1. The normalized spacial score (nSPS) is 11.0. The van der Waals surface area contributed by atoms with E-state index in [1.165, 1.54) is 75.0 Å². The van der Waals surface area contributed by atoms with Crippen LogP contribution in [0, 0.1) is 6.92 Å². The van der Waals surface area contributed by atoms with E-state index < -0.39 is 5.97 Å². The van der Waals surface area contributed by atoms with Crippen molar-refractivity contribution >= 4 is 5.97 Å². The zero-order valence-corrected chi connectivity index (χ0v) is 17.5. The van der Waals surface area contributed by atoms with Gasteiger partial charge in [-0.1, -0.05) is 76.0 Å². The van der Waals surface area contributed by atoms with Gasteiger partial charge in [0.2, 0.25) is 0 Å². The number of carboxylic acids is 1. The highest BCUT2D eigenvalue weighted by atomic mass is 16.4. The zero-order chi connectivity index (χ0) is 20.0. The molecule has 0 amide bonds. The second-order valence-electron chi connectivity index (χ2n) is 7.82.